The summed E-state index contributed by atoms with van der Waals surface area (Å²) in [6.07, 6.45) is 2.56. The Morgan fingerprint density at radius 3 is 2.52 bits per heavy atom. The number of pyridine rings is 1. The number of aromatic nitrogens is 1. The minimum atomic E-state index is -3.54. The van der Waals surface area contributed by atoms with Crippen LogP contribution in [0.4, 0.5) is 0 Å². The quantitative estimate of drug-likeness (QED) is 0.471. The lowest BCUT2D eigenvalue weighted by molar-refractivity contribution is 0.222. The summed E-state index contributed by atoms with van der Waals surface area (Å²) in [5.74, 6) is 0.658. The van der Waals surface area contributed by atoms with Crippen molar-refractivity contribution in [2.45, 2.75) is 24.8 Å². The Morgan fingerprint density at radius 2 is 1.81 bits per heavy atom. The average Bonchev–Trinajstić information content (AvgIpc) is 2.78. The molecule has 1 aliphatic heterocycles. The Balaban J connectivity index is 1.69. The summed E-state index contributed by atoms with van der Waals surface area (Å²) >= 11 is 0. The summed E-state index contributed by atoms with van der Waals surface area (Å²) in [7, 11) is -1.53. The predicted molar refractivity (Wildman–Crippen MR) is 123 cm³/mol. The topological polar surface area (TPSA) is 89.9 Å². The van der Waals surface area contributed by atoms with Gasteiger partial charge in [0.25, 0.3) is 0 Å². The highest BCUT2D eigenvalue weighted by Gasteiger charge is 2.29. The van der Waals surface area contributed by atoms with Gasteiger partial charge in [0.1, 0.15) is 0 Å². The zero-order valence-corrected chi connectivity index (χ0v) is 19.1. The normalized spacial score (nSPS) is 16.3. The second-order valence-electron chi connectivity index (χ2n) is 7.51. The van der Waals surface area contributed by atoms with Gasteiger partial charge in [0.2, 0.25) is 10.0 Å². The van der Waals surface area contributed by atoms with Gasteiger partial charge in [-0.2, -0.15) is 4.31 Å². The predicted octanol–water partition coefficient (Wildman–Crippen LogP) is 1.32. The van der Waals surface area contributed by atoms with Crippen LogP contribution in [0.5, 0.6) is 0 Å². The third-order valence-electron chi connectivity index (χ3n) is 5.20. The van der Waals surface area contributed by atoms with Gasteiger partial charge in [0, 0.05) is 57.6 Å². The van der Waals surface area contributed by atoms with E-state index in [1.54, 1.807) is 22.6 Å². The van der Waals surface area contributed by atoms with Crippen molar-refractivity contribution in [2.24, 2.45) is 4.99 Å². The Bertz CT molecular complexity index is 957. The van der Waals surface area contributed by atoms with E-state index in [1.807, 2.05) is 44.3 Å². The highest BCUT2D eigenvalue weighted by molar-refractivity contribution is 7.89. The molecule has 8 nitrogen and oxygen atoms in total. The van der Waals surface area contributed by atoms with Crippen LogP contribution in [0.25, 0.3) is 0 Å². The molecule has 2 heterocycles. The van der Waals surface area contributed by atoms with Crippen LogP contribution < -0.4 is 10.6 Å². The highest BCUT2D eigenvalue weighted by Crippen LogP contribution is 2.22. The van der Waals surface area contributed by atoms with E-state index in [1.165, 1.54) is 0 Å². The van der Waals surface area contributed by atoms with Gasteiger partial charge in [-0.3, -0.25) is 4.98 Å². The molecule has 1 aromatic carbocycles. The van der Waals surface area contributed by atoms with Crippen LogP contribution in [0.1, 0.15) is 18.2 Å². The number of rotatable bonds is 8. The van der Waals surface area contributed by atoms with Crippen molar-refractivity contribution >= 4 is 16.0 Å². The highest BCUT2D eigenvalue weighted by atomic mass is 32.2. The van der Waals surface area contributed by atoms with Crippen LogP contribution in [-0.4, -0.2) is 74.9 Å². The number of hydrogen-bond donors (Lipinski definition) is 2. The fourth-order valence-electron chi connectivity index (χ4n) is 3.41. The van der Waals surface area contributed by atoms with Crippen LogP contribution in [0.3, 0.4) is 0 Å². The van der Waals surface area contributed by atoms with Crippen molar-refractivity contribution in [3.63, 3.8) is 0 Å². The van der Waals surface area contributed by atoms with Crippen molar-refractivity contribution in [2.75, 3.05) is 46.3 Å². The molecule has 0 saturated carbocycles. The molecule has 1 saturated heterocycles. The van der Waals surface area contributed by atoms with Gasteiger partial charge in [-0.05, 0) is 37.7 Å². The van der Waals surface area contributed by atoms with Crippen molar-refractivity contribution in [3.8, 4) is 0 Å². The number of likely N-dealkylation sites (N-methyl/N-ethyl adjacent to an activating group) is 1. The van der Waals surface area contributed by atoms with Crippen LogP contribution in [0.2, 0.25) is 0 Å². The molecule has 2 aromatic rings. The fourth-order valence-corrected chi connectivity index (χ4v) is 5.05. The number of aliphatic imine (C=N–C) groups is 1. The van der Waals surface area contributed by atoms with Gasteiger partial charge in [0.15, 0.2) is 5.96 Å². The molecule has 1 aromatic heterocycles. The number of nitrogens with one attached hydrogen (secondary N) is 2. The van der Waals surface area contributed by atoms with Crippen LogP contribution in [0, 0.1) is 0 Å². The first-order valence-electron chi connectivity index (χ1n) is 10.7. The van der Waals surface area contributed by atoms with E-state index in [-0.39, 0.29) is 6.54 Å². The minimum absolute atomic E-state index is 0.280. The maximum absolute atomic E-state index is 13.2. The minimum Gasteiger partial charge on any atom is -0.357 e. The van der Waals surface area contributed by atoms with Crippen LogP contribution in [-0.2, 0) is 23.0 Å². The molecule has 0 spiro atoms. The fraction of sp³-hybridized carbons (Fsp3) is 0.455. The smallest absolute Gasteiger partial charge is 0.243 e. The first-order valence-corrected chi connectivity index (χ1v) is 12.1. The van der Waals surface area contributed by atoms with Gasteiger partial charge in [-0.1, -0.05) is 24.3 Å². The van der Waals surface area contributed by atoms with Crippen molar-refractivity contribution < 1.29 is 8.42 Å². The summed E-state index contributed by atoms with van der Waals surface area (Å²) < 4.78 is 28.0. The number of benzene rings is 1. The van der Waals surface area contributed by atoms with Gasteiger partial charge in [-0.15, -0.1) is 0 Å². The third kappa shape index (κ3) is 6.49. The lowest BCUT2D eigenvalue weighted by Gasteiger charge is -2.32. The van der Waals surface area contributed by atoms with E-state index in [4.69, 9.17) is 0 Å². The van der Waals surface area contributed by atoms with Gasteiger partial charge in [0.05, 0.1) is 11.4 Å². The molecule has 9 heteroatoms. The van der Waals surface area contributed by atoms with E-state index in [0.717, 1.165) is 31.7 Å². The van der Waals surface area contributed by atoms with E-state index in [2.05, 4.69) is 25.5 Å². The zero-order chi connectivity index (χ0) is 22.1. The monoisotopic (exact) mass is 444 g/mol. The lowest BCUT2D eigenvalue weighted by Crippen LogP contribution is -2.47. The van der Waals surface area contributed by atoms with Crippen molar-refractivity contribution in [3.05, 3.63) is 59.9 Å². The molecule has 1 aliphatic rings. The second-order valence-corrected chi connectivity index (χ2v) is 9.41. The number of piperazine rings is 1. The number of sulfonamides is 1. The molecule has 31 heavy (non-hydrogen) atoms. The molecule has 0 amide bonds. The average molecular weight is 445 g/mol. The van der Waals surface area contributed by atoms with Gasteiger partial charge < -0.3 is 15.5 Å². The Labute approximate surface area is 185 Å². The van der Waals surface area contributed by atoms with Gasteiger partial charge in [-0.25, -0.2) is 13.4 Å². The Hall–Kier alpha value is -2.49. The Morgan fingerprint density at radius 1 is 1.06 bits per heavy atom. The molecule has 0 unspecified atom stereocenters. The summed E-state index contributed by atoms with van der Waals surface area (Å²) in [5, 5.41) is 6.52. The van der Waals surface area contributed by atoms with Crippen molar-refractivity contribution in [1.82, 2.24) is 24.8 Å². The summed E-state index contributed by atoms with van der Waals surface area (Å²) in [6, 6.07) is 13.0. The van der Waals surface area contributed by atoms with E-state index in [9.17, 15) is 8.42 Å². The SMILES string of the molecule is CCNC(=NCc1ccccc1S(=O)(=O)N1CCN(C)CC1)NCCc1ccccn1. The molecule has 168 valence electrons. The maximum atomic E-state index is 13.2. The number of hydrogen-bond acceptors (Lipinski definition) is 5. The Kier molecular flexibility index (Phi) is 8.39. The van der Waals surface area contributed by atoms with Crippen LogP contribution in [0.15, 0.2) is 58.5 Å². The molecule has 2 N–H and O–H groups in total. The molecule has 0 aliphatic carbocycles. The third-order valence-corrected chi connectivity index (χ3v) is 7.20. The molecular formula is C22H32N6O2S. The summed E-state index contributed by atoms with van der Waals surface area (Å²) in [4.78, 5) is 11.4. The molecule has 0 atom stereocenters. The summed E-state index contributed by atoms with van der Waals surface area (Å²) in [5.41, 5.74) is 1.71. The zero-order valence-electron chi connectivity index (χ0n) is 18.3. The van der Waals surface area contributed by atoms with E-state index < -0.39 is 10.0 Å². The molecule has 3 rings (SSSR count). The largest absolute Gasteiger partial charge is 0.357 e. The van der Waals surface area contributed by atoms with E-state index in [0.29, 0.717) is 36.1 Å². The van der Waals surface area contributed by atoms with Crippen molar-refractivity contribution in [1.29, 1.82) is 0 Å². The van der Waals surface area contributed by atoms with Crippen LogP contribution >= 0.6 is 0 Å². The number of guanidine groups is 1. The molecule has 0 bridgehead atoms. The molecule has 0 radical (unpaired) electrons. The van der Waals surface area contributed by atoms with Gasteiger partial charge >= 0.3 is 0 Å². The summed E-state index contributed by atoms with van der Waals surface area (Å²) in [6.45, 7) is 6.18. The maximum Gasteiger partial charge on any atom is 0.243 e. The first-order chi connectivity index (χ1) is 15.0. The standard InChI is InChI=1S/C22H32N6O2S/c1-3-23-22(25-13-11-20-9-6-7-12-24-20)26-18-19-8-4-5-10-21(19)31(29,30)28-16-14-27(2)15-17-28/h4-10,12H,3,11,13-18H2,1-2H3,(H2,23,25,26). The molecular weight excluding hydrogens is 412 g/mol. The molecule has 1 fully saturated rings. The first kappa shape index (κ1) is 23.2. The second kappa shape index (κ2) is 11.2. The van der Waals surface area contributed by atoms with E-state index >= 15 is 0 Å². The lowest BCUT2D eigenvalue weighted by atomic mass is 10.2. The number of nitrogens with zero attached hydrogens (tertiary/aromatic N) is 4.